The molecule has 1 saturated heterocycles. The van der Waals surface area contributed by atoms with E-state index in [9.17, 15) is 4.79 Å². The molecule has 2 rings (SSSR count). The molecule has 0 saturated carbocycles. The highest BCUT2D eigenvalue weighted by atomic mass is 16.6. The number of ether oxygens (including phenoxy) is 1. The molecule has 1 amide bonds. The van der Waals surface area contributed by atoms with Crippen molar-refractivity contribution in [3.05, 3.63) is 35.4 Å². The number of amides is 1. The van der Waals surface area contributed by atoms with Crippen molar-refractivity contribution in [2.75, 3.05) is 32.7 Å². The number of aliphatic hydroxyl groups excluding tert-OH is 1. The molecule has 0 bridgehead atoms. The first-order chi connectivity index (χ1) is 12.3. The zero-order chi connectivity index (χ0) is 19.2. The Morgan fingerprint density at radius 2 is 1.65 bits per heavy atom. The number of carbonyl (C=O) groups excluding carboxylic acids is 1. The molecule has 0 radical (unpaired) electrons. The van der Waals surface area contributed by atoms with E-state index < -0.39 is 5.60 Å². The van der Waals surface area contributed by atoms with Gasteiger partial charge >= 0.3 is 6.09 Å². The third-order valence-corrected chi connectivity index (χ3v) is 4.14. The minimum atomic E-state index is -0.482. The Bertz CT molecular complexity index is 615. The highest BCUT2D eigenvalue weighted by Crippen LogP contribution is 2.12. The van der Waals surface area contributed by atoms with Crippen LogP contribution in [0.5, 0.6) is 0 Å². The molecule has 1 aromatic rings. The Hall–Kier alpha value is -2.28. The van der Waals surface area contributed by atoms with Gasteiger partial charge in [-0.15, -0.1) is 0 Å². The lowest BCUT2D eigenvalue weighted by molar-refractivity contribution is 0.0186. The number of nitrogens with two attached hydrogens (primary N) is 1. The molecule has 3 N–H and O–H groups in total. The van der Waals surface area contributed by atoms with Crippen molar-refractivity contribution in [2.24, 2.45) is 10.7 Å². The van der Waals surface area contributed by atoms with Crippen molar-refractivity contribution >= 4 is 12.1 Å². The zero-order valence-corrected chi connectivity index (χ0v) is 15.9. The van der Waals surface area contributed by atoms with Crippen LogP contribution in [0.3, 0.4) is 0 Å². The van der Waals surface area contributed by atoms with Gasteiger partial charge in [0, 0.05) is 32.7 Å². The minimum absolute atomic E-state index is 0.0562. The first-order valence-corrected chi connectivity index (χ1v) is 9.00. The van der Waals surface area contributed by atoms with Gasteiger partial charge < -0.3 is 25.4 Å². The van der Waals surface area contributed by atoms with Gasteiger partial charge in [-0.2, -0.15) is 0 Å². The smallest absolute Gasteiger partial charge is 0.410 e. The van der Waals surface area contributed by atoms with Gasteiger partial charge in [0.15, 0.2) is 5.96 Å². The minimum Gasteiger partial charge on any atom is -0.444 e. The molecule has 0 aromatic heterocycles. The fourth-order valence-electron chi connectivity index (χ4n) is 2.66. The SMILES string of the molecule is CC(C)(C)OC(=O)N1CCN(C(N)=NCCc2ccc(CO)cc2)CC1. The van der Waals surface area contributed by atoms with Gasteiger partial charge in [-0.3, -0.25) is 4.99 Å². The third kappa shape index (κ3) is 6.22. The van der Waals surface area contributed by atoms with E-state index in [0.29, 0.717) is 38.7 Å². The lowest BCUT2D eigenvalue weighted by Crippen LogP contribution is -2.53. The average molecular weight is 362 g/mol. The van der Waals surface area contributed by atoms with Crippen LogP contribution in [0.25, 0.3) is 0 Å². The molecule has 0 atom stereocenters. The predicted molar refractivity (Wildman–Crippen MR) is 102 cm³/mol. The standard InChI is InChI=1S/C19H30N4O3/c1-19(2,3)26-18(25)23-12-10-22(11-13-23)17(20)21-9-8-15-4-6-16(14-24)7-5-15/h4-7,24H,8-14H2,1-3H3,(H2,20,21). The molecule has 1 aromatic carbocycles. The molecule has 7 heteroatoms. The fourth-order valence-corrected chi connectivity index (χ4v) is 2.66. The summed E-state index contributed by atoms with van der Waals surface area (Å²) in [5.74, 6) is 0.515. The highest BCUT2D eigenvalue weighted by Gasteiger charge is 2.26. The summed E-state index contributed by atoms with van der Waals surface area (Å²) in [4.78, 5) is 20.2. The second kappa shape index (κ2) is 8.89. The van der Waals surface area contributed by atoms with Crippen LogP contribution in [-0.2, 0) is 17.8 Å². The lowest BCUT2D eigenvalue weighted by atomic mass is 10.1. The van der Waals surface area contributed by atoms with Crippen LogP contribution in [0.2, 0.25) is 0 Å². The van der Waals surface area contributed by atoms with Gasteiger partial charge in [-0.25, -0.2) is 4.79 Å². The number of piperazine rings is 1. The van der Waals surface area contributed by atoms with Crippen molar-refractivity contribution in [3.63, 3.8) is 0 Å². The number of rotatable bonds is 4. The van der Waals surface area contributed by atoms with E-state index >= 15 is 0 Å². The monoisotopic (exact) mass is 362 g/mol. The number of nitrogens with zero attached hydrogens (tertiary/aromatic N) is 3. The van der Waals surface area contributed by atoms with Gasteiger partial charge in [-0.05, 0) is 38.3 Å². The van der Waals surface area contributed by atoms with Crippen LogP contribution in [0.15, 0.2) is 29.3 Å². The number of hydrogen-bond donors (Lipinski definition) is 2. The normalized spacial score (nSPS) is 15.9. The molecule has 144 valence electrons. The summed E-state index contributed by atoms with van der Waals surface area (Å²) < 4.78 is 5.39. The first-order valence-electron chi connectivity index (χ1n) is 9.00. The topological polar surface area (TPSA) is 91.4 Å². The Morgan fingerprint density at radius 3 is 2.19 bits per heavy atom. The maximum atomic E-state index is 12.1. The number of hydrogen-bond acceptors (Lipinski definition) is 4. The summed E-state index contributed by atoms with van der Waals surface area (Å²) >= 11 is 0. The number of benzene rings is 1. The van der Waals surface area contributed by atoms with E-state index in [0.717, 1.165) is 17.5 Å². The van der Waals surface area contributed by atoms with E-state index in [1.165, 1.54) is 0 Å². The van der Waals surface area contributed by atoms with Crippen molar-refractivity contribution in [1.29, 1.82) is 0 Å². The lowest BCUT2D eigenvalue weighted by Gasteiger charge is -2.36. The molecule has 1 heterocycles. The van der Waals surface area contributed by atoms with Crippen LogP contribution in [0.1, 0.15) is 31.9 Å². The van der Waals surface area contributed by atoms with Gasteiger partial charge in [0.2, 0.25) is 0 Å². The molecule has 0 unspecified atom stereocenters. The Balaban J connectivity index is 1.77. The van der Waals surface area contributed by atoms with Gasteiger partial charge in [0.25, 0.3) is 0 Å². The van der Waals surface area contributed by atoms with Crippen molar-refractivity contribution in [3.8, 4) is 0 Å². The number of aliphatic imine (C=N–C) groups is 1. The maximum Gasteiger partial charge on any atom is 0.410 e. The fraction of sp³-hybridized carbons (Fsp3) is 0.579. The maximum absolute atomic E-state index is 12.1. The molecule has 0 aliphatic carbocycles. The zero-order valence-electron chi connectivity index (χ0n) is 15.9. The summed E-state index contributed by atoms with van der Waals surface area (Å²) in [5, 5.41) is 9.05. The molecular formula is C19H30N4O3. The second-order valence-electron chi connectivity index (χ2n) is 7.42. The van der Waals surface area contributed by atoms with Gasteiger partial charge in [-0.1, -0.05) is 24.3 Å². The molecule has 0 spiro atoms. The number of guanidine groups is 1. The van der Waals surface area contributed by atoms with E-state index in [-0.39, 0.29) is 12.7 Å². The van der Waals surface area contributed by atoms with Crippen LogP contribution in [0, 0.1) is 0 Å². The van der Waals surface area contributed by atoms with E-state index in [1.54, 1.807) is 4.90 Å². The summed E-state index contributed by atoms with van der Waals surface area (Å²) in [5.41, 5.74) is 7.67. The van der Waals surface area contributed by atoms with E-state index in [1.807, 2.05) is 49.9 Å². The first kappa shape index (κ1) is 20.0. The Labute approximate surface area is 155 Å². The number of aliphatic hydroxyl groups is 1. The second-order valence-corrected chi connectivity index (χ2v) is 7.42. The molecule has 26 heavy (non-hydrogen) atoms. The quantitative estimate of drug-likeness (QED) is 0.627. The van der Waals surface area contributed by atoms with Crippen LogP contribution < -0.4 is 5.73 Å². The van der Waals surface area contributed by atoms with Gasteiger partial charge in [0.1, 0.15) is 5.60 Å². The summed E-state index contributed by atoms with van der Waals surface area (Å²) in [6, 6.07) is 7.82. The van der Waals surface area contributed by atoms with Crippen molar-refractivity contribution in [2.45, 2.75) is 39.4 Å². The Kier molecular flexibility index (Phi) is 6.85. The van der Waals surface area contributed by atoms with Gasteiger partial charge in [0.05, 0.1) is 6.61 Å². The molecule has 7 nitrogen and oxygen atoms in total. The summed E-state index contributed by atoms with van der Waals surface area (Å²) in [6.45, 7) is 8.72. The summed E-state index contributed by atoms with van der Waals surface area (Å²) in [7, 11) is 0. The van der Waals surface area contributed by atoms with Crippen LogP contribution in [-0.4, -0.2) is 65.3 Å². The average Bonchev–Trinajstić information content (AvgIpc) is 2.61. The highest BCUT2D eigenvalue weighted by molar-refractivity contribution is 5.78. The van der Waals surface area contributed by atoms with E-state index in [2.05, 4.69) is 4.99 Å². The number of carbonyl (C=O) groups is 1. The molecule has 1 aliphatic rings. The van der Waals surface area contributed by atoms with E-state index in [4.69, 9.17) is 15.6 Å². The Morgan fingerprint density at radius 1 is 1.12 bits per heavy atom. The van der Waals surface area contributed by atoms with Crippen LogP contribution >= 0.6 is 0 Å². The van der Waals surface area contributed by atoms with Crippen molar-refractivity contribution in [1.82, 2.24) is 9.80 Å². The molecule has 1 aliphatic heterocycles. The van der Waals surface area contributed by atoms with Crippen LogP contribution in [0.4, 0.5) is 4.79 Å². The molecular weight excluding hydrogens is 332 g/mol. The largest absolute Gasteiger partial charge is 0.444 e. The summed E-state index contributed by atoms with van der Waals surface area (Å²) in [6.07, 6.45) is 0.517. The third-order valence-electron chi connectivity index (χ3n) is 4.14. The predicted octanol–water partition coefficient (Wildman–Crippen LogP) is 1.59. The molecule has 1 fully saturated rings. The van der Waals surface area contributed by atoms with Crippen molar-refractivity contribution < 1.29 is 14.6 Å².